The summed E-state index contributed by atoms with van der Waals surface area (Å²) in [6, 6.07) is 19.8. The first-order valence-electron chi connectivity index (χ1n) is 10.9. The fraction of sp³-hybridized carbons (Fsp3) is 0.259. The van der Waals surface area contributed by atoms with Crippen LogP contribution in [0.2, 0.25) is 5.02 Å². The first kappa shape index (κ1) is 23.6. The lowest BCUT2D eigenvalue weighted by Gasteiger charge is -2.18. The maximum Gasteiger partial charge on any atom is 0.165 e. The van der Waals surface area contributed by atoms with Gasteiger partial charge in [-0.2, -0.15) is 0 Å². The zero-order valence-electron chi connectivity index (χ0n) is 18.7. The van der Waals surface area contributed by atoms with Gasteiger partial charge in [-0.1, -0.05) is 35.9 Å². The van der Waals surface area contributed by atoms with Crippen LogP contribution in [0.1, 0.15) is 30.5 Å². The molecule has 0 aliphatic rings. The zero-order valence-corrected chi connectivity index (χ0v) is 19.5. The van der Waals surface area contributed by atoms with E-state index in [1.54, 1.807) is 0 Å². The van der Waals surface area contributed by atoms with E-state index in [1.807, 2.05) is 74.5 Å². The van der Waals surface area contributed by atoms with Gasteiger partial charge in [0.2, 0.25) is 0 Å². The summed E-state index contributed by atoms with van der Waals surface area (Å²) in [4.78, 5) is 0. The predicted molar refractivity (Wildman–Crippen MR) is 132 cm³/mol. The van der Waals surface area contributed by atoms with E-state index in [-0.39, 0.29) is 0 Å². The van der Waals surface area contributed by atoms with E-state index in [4.69, 9.17) is 25.8 Å². The Balaban J connectivity index is 1.79. The summed E-state index contributed by atoms with van der Waals surface area (Å²) in [5.74, 6) is 2.32. The predicted octanol–water partition coefficient (Wildman–Crippen LogP) is 7.06. The molecular formula is C27H30ClNO3. The number of halogens is 1. The molecule has 1 N–H and O–H groups in total. The SMILES string of the molecule is C=CCc1cc(CNc2ccc(OCC)cc2)cc(OCC)c1OCc1ccccc1Cl. The van der Waals surface area contributed by atoms with E-state index < -0.39 is 0 Å². The maximum absolute atomic E-state index is 6.30. The van der Waals surface area contributed by atoms with Crippen LogP contribution in [0, 0.1) is 0 Å². The Morgan fingerprint density at radius 2 is 1.66 bits per heavy atom. The van der Waals surface area contributed by atoms with E-state index >= 15 is 0 Å². The molecule has 0 aliphatic carbocycles. The molecule has 168 valence electrons. The molecule has 5 heteroatoms. The summed E-state index contributed by atoms with van der Waals surface area (Å²) in [6.45, 7) is 10.1. The first-order chi connectivity index (χ1) is 15.6. The lowest BCUT2D eigenvalue weighted by Crippen LogP contribution is -2.06. The Hall–Kier alpha value is -3.11. The summed E-state index contributed by atoms with van der Waals surface area (Å²) in [5.41, 5.74) is 4.09. The van der Waals surface area contributed by atoms with Crippen LogP contribution in [0.3, 0.4) is 0 Å². The Kier molecular flexibility index (Phi) is 8.88. The number of benzene rings is 3. The molecule has 3 rings (SSSR count). The van der Waals surface area contributed by atoms with Crippen molar-refractivity contribution in [1.82, 2.24) is 0 Å². The Bertz CT molecular complexity index is 1020. The maximum atomic E-state index is 6.30. The molecule has 0 aliphatic heterocycles. The zero-order chi connectivity index (χ0) is 22.8. The summed E-state index contributed by atoms with van der Waals surface area (Å²) in [7, 11) is 0. The molecule has 0 aromatic heterocycles. The van der Waals surface area contributed by atoms with Crippen molar-refractivity contribution in [3.05, 3.63) is 95.0 Å². The molecule has 0 saturated heterocycles. The summed E-state index contributed by atoms with van der Waals surface area (Å²) < 4.78 is 17.7. The van der Waals surface area contributed by atoms with Crippen LogP contribution < -0.4 is 19.5 Å². The number of hydrogen-bond acceptors (Lipinski definition) is 4. The van der Waals surface area contributed by atoms with Crippen molar-refractivity contribution >= 4 is 17.3 Å². The molecular weight excluding hydrogens is 422 g/mol. The highest BCUT2D eigenvalue weighted by Gasteiger charge is 2.14. The molecule has 3 aromatic carbocycles. The van der Waals surface area contributed by atoms with E-state index in [0.29, 0.717) is 37.8 Å². The van der Waals surface area contributed by atoms with Crippen molar-refractivity contribution in [2.75, 3.05) is 18.5 Å². The van der Waals surface area contributed by atoms with Crippen molar-refractivity contribution in [2.24, 2.45) is 0 Å². The topological polar surface area (TPSA) is 39.7 Å². The van der Waals surface area contributed by atoms with Gasteiger partial charge in [0.1, 0.15) is 12.4 Å². The lowest BCUT2D eigenvalue weighted by atomic mass is 10.0. The minimum atomic E-state index is 0.369. The molecule has 0 spiro atoms. The number of rotatable bonds is 12. The summed E-state index contributed by atoms with van der Waals surface area (Å²) >= 11 is 6.30. The quantitative estimate of drug-likeness (QED) is 0.299. The van der Waals surface area contributed by atoms with Crippen LogP contribution in [0.25, 0.3) is 0 Å². The number of nitrogens with one attached hydrogen (secondary N) is 1. The van der Waals surface area contributed by atoms with Gasteiger partial charge in [0.05, 0.1) is 13.2 Å². The third-order valence-corrected chi connectivity index (χ3v) is 5.22. The van der Waals surface area contributed by atoms with E-state index in [1.165, 1.54) is 0 Å². The standard InChI is InChI=1S/C27H30ClNO3/c1-4-9-21-16-20(18-29-23-12-14-24(15-13-23)30-5-2)17-26(31-6-3)27(21)32-19-22-10-7-8-11-25(22)28/h4,7-8,10-17,29H,1,5-6,9,18-19H2,2-3H3. The highest BCUT2D eigenvalue weighted by Crippen LogP contribution is 2.35. The minimum Gasteiger partial charge on any atom is -0.494 e. The van der Waals surface area contributed by atoms with E-state index in [9.17, 15) is 0 Å². The fourth-order valence-corrected chi connectivity index (χ4v) is 3.55. The van der Waals surface area contributed by atoms with Crippen LogP contribution in [0.5, 0.6) is 17.2 Å². The van der Waals surface area contributed by atoms with Gasteiger partial charge in [0.25, 0.3) is 0 Å². The highest BCUT2D eigenvalue weighted by molar-refractivity contribution is 6.31. The molecule has 0 radical (unpaired) electrons. The second-order valence-corrected chi connectivity index (χ2v) is 7.61. The average molecular weight is 452 g/mol. The normalized spacial score (nSPS) is 10.5. The monoisotopic (exact) mass is 451 g/mol. The Labute approximate surface area is 195 Å². The molecule has 0 saturated carbocycles. The van der Waals surface area contributed by atoms with Crippen LogP contribution in [-0.4, -0.2) is 13.2 Å². The molecule has 4 nitrogen and oxygen atoms in total. The van der Waals surface area contributed by atoms with Crippen LogP contribution in [0.4, 0.5) is 5.69 Å². The van der Waals surface area contributed by atoms with Crippen molar-refractivity contribution < 1.29 is 14.2 Å². The molecule has 32 heavy (non-hydrogen) atoms. The molecule has 0 unspecified atom stereocenters. The summed E-state index contributed by atoms with van der Waals surface area (Å²) in [5, 5.41) is 4.15. The number of anilines is 1. The molecule has 0 atom stereocenters. The molecule has 0 bridgehead atoms. The molecule has 0 fully saturated rings. The van der Waals surface area contributed by atoms with Gasteiger partial charge < -0.3 is 19.5 Å². The molecule has 3 aromatic rings. The van der Waals surface area contributed by atoms with Crippen molar-refractivity contribution in [2.45, 2.75) is 33.4 Å². The third-order valence-electron chi connectivity index (χ3n) is 4.85. The van der Waals surface area contributed by atoms with Gasteiger partial charge in [-0.25, -0.2) is 0 Å². The molecule has 0 heterocycles. The van der Waals surface area contributed by atoms with Crippen molar-refractivity contribution in [3.63, 3.8) is 0 Å². The van der Waals surface area contributed by atoms with Gasteiger partial charge in [0, 0.05) is 28.4 Å². The van der Waals surface area contributed by atoms with Gasteiger partial charge in [-0.15, -0.1) is 6.58 Å². The highest BCUT2D eigenvalue weighted by atomic mass is 35.5. The third kappa shape index (κ3) is 6.44. The Morgan fingerprint density at radius 3 is 2.34 bits per heavy atom. The first-order valence-corrected chi connectivity index (χ1v) is 11.2. The average Bonchev–Trinajstić information content (AvgIpc) is 2.80. The number of allylic oxidation sites excluding steroid dienone is 1. The van der Waals surface area contributed by atoms with Crippen molar-refractivity contribution in [1.29, 1.82) is 0 Å². The fourth-order valence-electron chi connectivity index (χ4n) is 3.36. The van der Waals surface area contributed by atoms with E-state index in [0.717, 1.165) is 39.6 Å². The van der Waals surface area contributed by atoms with Gasteiger partial charge in [-0.05, 0) is 68.3 Å². The van der Waals surface area contributed by atoms with E-state index in [2.05, 4.69) is 18.0 Å². The minimum absolute atomic E-state index is 0.369. The second kappa shape index (κ2) is 12.1. The van der Waals surface area contributed by atoms with Crippen LogP contribution >= 0.6 is 11.6 Å². The van der Waals surface area contributed by atoms with Gasteiger partial charge >= 0.3 is 0 Å². The second-order valence-electron chi connectivity index (χ2n) is 7.20. The van der Waals surface area contributed by atoms with Crippen LogP contribution in [0.15, 0.2) is 73.3 Å². The smallest absolute Gasteiger partial charge is 0.165 e. The Morgan fingerprint density at radius 1 is 0.906 bits per heavy atom. The molecule has 0 amide bonds. The van der Waals surface area contributed by atoms with Gasteiger partial charge in [-0.3, -0.25) is 0 Å². The van der Waals surface area contributed by atoms with Crippen LogP contribution in [-0.2, 0) is 19.6 Å². The van der Waals surface area contributed by atoms with Gasteiger partial charge in [0.15, 0.2) is 11.5 Å². The van der Waals surface area contributed by atoms with Crippen molar-refractivity contribution in [3.8, 4) is 17.2 Å². The number of hydrogen-bond donors (Lipinski definition) is 1. The lowest BCUT2D eigenvalue weighted by molar-refractivity contribution is 0.267. The summed E-state index contributed by atoms with van der Waals surface area (Å²) in [6.07, 6.45) is 2.55. The number of ether oxygens (including phenoxy) is 3. The largest absolute Gasteiger partial charge is 0.494 e.